The molecule has 0 amide bonds. The van der Waals surface area contributed by atoms with Crippen LogP contribution in [0.3, 0.4) is 0 Å². The van der Waals surface area contributed by atoms with E-state index in [0.29, 0.717) is 17.9 Å². The van der Waals surface area contributed by atoms with Gasteiger partial charge in [0.1, 0.15) is 11.5 Å². The molecule has 3 aromatic rings. The fourth-order valence-electron chi connectivity index (χ4n) is 2.00. The van der Waals surface area contributed by atoms with Gasteiger partial charge in [-0.3, -0.25) is 0 Å². The van der Waals surface area contributed by atoms with E-state index < -0.39 is 0 Å². The van der Waals surface area contributed by atoms with Crippen molar-refractivity contribution in [2.75, 3.05) is 5.32 Å². The van der Waals surface area contributed by atoms with E-state index in [9.17, 15) is 0 Å². The van der Waals surface area contributed by atoms with Crippen molar-refractivity contribution in [2.45, 2.75) is 6.42 Å². The number of hydrogen-bond acceptors (Lipinski definition) is 4. The number of H-pyrrole nitrogens is 1. The highest BCUT2D eigenvalue weighted by molar-refractivity contribution is 6.28. The van der Waals surface area contributed by atoms with Crippen LogP contribution in [-0.4, -0.2) is 15.0 Å². The van der Waals surface area contributed by atoms with Crippen LogP contribution in [0.2, 0.25) is 5.28 Å². The van der Waals surface area contributed by atoms with Gasteiger partial charge in [-0.25, -0.2) is 0 Å². The topological polar surface area (TPSA) is 77.4 Å². The zero-order chi connectivity index (χ0) is 13.9. The summed E-state index contributed by atoms with van der Waals surface area (Å²) in [5.41, 5.74) is 2.48. The Morgan fingerprint density at radius 3 is 3.05 bits per heavy atom. The van der Waals surface area contributed by atoms with Gasteiger partial charge >= 0.3 is 0 Å². The van der Waals surface area contributed by atoms with E-state index in [0.717, 1.165) is 16.6 Å². The average Bonchev–Trinajstić information content (AvgIpc) is 2.87. The second-order valence-corrected chi connectivity index (χ2v) is 4.58. The van der Waals surface area contributed by atoms with Crippen molar-refractivity contribution in [1.29, 1.82) is 5.26 Å². The van der Waals surface area contributed by atoms with E-state index in [4.69, 9.17) is 16.9 Å². The van der Waals surface area contributed by atoms with Crippen LogP contribution in [0.1, 0.15) is 5.56 Å². The first-order valence-electron chi connectivity index (χ1n) is 6.00. The number of anilines is 2. The van der Waals surface area contributed by atoms with Crippen molar-refractivity contribution in [1.82, 2.24) is 15.0 Å². The van der Waals surface area contributed by atoms with Crippen LogP contribution in [0.15, 0.2) is 36.5 Å². The van der Waals surface area contributed by atoms with Gasteiger partial charge in [0, 0.05) is 11.9 Å². The minimum absolute atomic E-state index is 0.177. The van der Waals surface area contributed by atoms with Gasteiger partial charge in [-0.2, -0.15) is 15.2 Å². The van der Waals surface area contributed by atoms with Crippen LogP contribution in [0.25, 0.3) is 11.0 Å². The first kappa shape index (κ1) is 12.5. The molecular weight excluding hydrogens is 274 g/mol. The third-order valence-corrected chi connectivity index (χ3v) is 3.03. The third-order valence-electron chi connectivity index (χ3n) is 2.86. The molecule has 0 saturated carbocycles. The summed E-state index contributed by atoms with van der Waals surface area (Å²) in [5.74, 6) is 0.635. The second-order valence-electron chi connectivity index (χ2n) is 4.24. The fraction of sp³-hybridized carbons (Fsp3) is 0.0714. The molecule has 0 saturated heterocycles. The van der Waals surface area contributed by atoms with Gasteiger partial charge in [0.05, 0.1) is 17.9 Å². The summed E-state index contributed by atoms with van der Waals surface area (Å²) in [6, 6.07) is 11.6. The van der Waals surface area contributed by atoms with Crippen molar-refractivity contribution >= 4 is 34.1 Å². The third kappa shape index (κ3) is 2.42. The molecule has 0 aliphatic rings. The van der Waals surface area contributed by atoms with Crippen LogP contribution >= 0.6 is 11.6 Å². The van der Waals surface area contributed by atoms with E-state index in [1.54, 1.807) is 6.20 Å². The van der Waals surface area contributed by atoms with Crippen LogP contribution in [0.5, 0.6) is 0 Å². The number of rotatable bonds is 3. The molecule has 0 aliphatic heterocycles. The summed E-state index contributed by atoms with van der Waals surface area (Å²) >= 11 is 5.90. The summed E-state index contributed by atoms with van der Waals surface area (Å²) in [7, 11) is 0. The number of aromatic nitrogens is 3. The molecular formula is C14H10ClN5. The minimum Gasteiger partial charge on any atom is -0.346 e. The Kier molecular flexibility index (Phi) is 3.23. The number of halogens is 1. The lowest BCUT2D eigenvalue weighted by Gasteiger charge is -2.08. The molecule has 0 fully saturated rings. The molecule has 0 spiro atoms. The van der Waals surface area contributed by atoms with E-state index in [-0.39, 0.29) is 5.28 Å². The van der Waals surface area contributed by atoms with Crippen molar-refractivity contribution in [3.63, 3.8) is 0 Å². The summed E-state index contributed by atoms with van der Waals surface area (Å²) in [5, 5.41) is 13.0. The van der Waals surface area contributed by atoms with E-state index in [1.807, 2.05) is 30.3 Å². The van der Waals surface area contributed by atoms with Gasteiger partial charge in [0.25, 0.3) is 0 Å². The van der Waals surface area contributed by atoms with Gasteiger partial charge in [0.15, 0.2) is 0 Å². The van der Waals surface area contributed by atoms with Gasteiger partial charge < -0.3 is 10.3 Å². The largest absolute Gasteiger partial charge is 0.346 e. The highest BCUT2D eigenvalue weighted by Gasteiger charge is 2.08. The summed E-state index contributed by atoms with van der Waals surface area (Å²) < 4.78 is 0. The van der Waals surface area contributed by atoms with Gasteiger partial charge in [-0.05, 0) is 35.4 Å². The average molecular weight is 284 g/mol. The Balaban J connectivity index is 1.99. The zero-order valence-corrected chi connectivity index (χ0v) is 11.1. The molecule has 0 unspecified atom stereocenters. The Hall–Kier alpha value is -2.58. The van der Waals surface area contributed by atoms with E-state index in [1.165, 1.54) is 0 Å². The lowest BCUT2D eigenvalue weighted by Crippen LogP contribution is -1.97. The number of aromatic amines is 1. The molecule has 1 aromatic carbocycles. The summed E-state index contributed by atoms with van der Waals surface area (Å²) in [6.45, 7) is 0. The number of nitrogens with one attached hydrogen (secondary N) is 2. The number of nitrogens with zero attached hydrogens (tertiary/aromatic N) is 3. The van der Waals surface area contributed by atoms with Crippen molar-refractivity contribution in [3.8, 4) is 6.07 Å². The monoisotopic (exact) mass is 283 g/mol. The number of benzene rings is 1. The molecule has 5 nitrogen and oxygen atoms in total. The number of nitriles is 1. The highest BCUT2D eigenvalue weighted by Crippen LogP contribution is 2.24. The molecule has 0 atom stereocenters. The van der Waals surface area contributed by atoms with Gasteiger partial charge in [-0.1, -0.05) is 12.1 Å². The number of hydrogen-bond donors (Lipinski definition) is 2. The Bertz CT molecular complexity index is 803. The van der Waals surface area contributed by atoms with Crippen molar-refractivity contribution in [2.24, 2.45) is 0 Å². The smallest absolute Gasteiger partial charge is 0.226 e. The molecule has 20 heavy (non-hydrogen) atoms. The Morgan fingerprint density at radius 1 is 1.30 bits per heavy atom. The molecule has 6 heteroatoms. The lowest BCUT2D eigenvalue weighted by molar-refractivity contribution is 1.20. The predicted molar refractivity (Wildman–Crippen MR) is 77.9 cm³/mol. The normalized spacial score (nSPS) is 10.4. The van der Waals surface area contributed by atoms with Gasteiger partial charge in [0.2, 0.25) is 5.28 Å². The van der Waals surface area contributed by atoms with Crippen LogP contribution in [0, 0.1) is 11.3 Å². The maximum Gasteiger partial charge on any atom is 0.226 e. The first-order chi connectivity index (χ1) is 9.76. The first-order valence-corrected chi connectivity index (χ1v) is 6.37. The van der Waals surface area contributed by atoms with E-state index in [2.05, 4.69) is 26.3 Å². The maximum absolute atomic E-state index is 8.74. The van der Waals surface area contributed by atoms with Crippen LogP contribution in [-0.2, 0) is 6.42 Å². The van der Waals surface area contributed by atoms with Crippen molar-refractivity contribution in [3.05, 3.63) is 47.4 Å². The predicted octanol–water partition coefficient (Wildman–Crippen LogP) is 3.42. The molecule has 2 heterocycles. The van der Waals surface area contributed by atoms with Crippen LogP contribution < -0.4 is 5.32 Å². The Morgan fingerprint density at radius 2 is 2.20 bits per heavy atom. The highest BCUT2D eigenvalue weighted by atomic mass is 35.5. The quantitative estimate of drug-likeness (QED) is 0.722. The maximum atomic E-state index is 8.74. The molecule has 98 valence electrons. The lowest BCUT2D eigenvalue weighted by atomic mass is 10.1. The SMILES string of the molecule is N#CCc1cccc(Nc2nc(Cl)nc3[nH]ccc23)c1. The standard InChI is InChI=1S/C14H10ClN5/c15-14-19-12-11(5-7-17-12)13(20-14)18-10-3-1-2-9(8-10)4-6-16/h1-3,5,7-8H,4H2,(H2,17,18,19,20). The van der Waals surface area contributed by atoms with Crippen LogP contribution in [0.4, 0.5) is 11.5 Å². The Labute approximate surface area is 120 Å². The fourth-order valence-corrected chi connectivity index (χ4v) is 2.17. The van der Waals surface area contributed by atoms with E-state index >= 15 is 0 Å². The molecule has 0 aliphatic carbocycles. The summed E-state index contributed by atoms with van der Waals surface area (Å²) in [4.78, 5) is 11.3. The molecule has 0 bridgehead atoms. The van der Waals surface area contributed by atoms with Crippen molar-refractivity contribution < 1.29 is 0 Å². The number of fused-ring (bicyclic) bond motifs is 1. The van der Waals surface area contributed by atoms with Gasteiger partial charge in [-0.15, -0.1) is 0 Å². The zero-order valence-electron chi connectivity index (χ0n) is 10.4. The second kappa shape index (κ2) is 5.19. The molecule has 2 aromatic heterocycles. The summed E-state index contributed by atoms with van der Waals surface area (Å²) in [6.07, 6.45) is 2.16. The molecule has 3 rings (SSSR count). The molecule has 2 N–H and O–H groups in total. The minimum atomic E-state index is 0.177. The molecule has 0 radical (unpaired) electrons.